The average Bonchev–Trinajstić information content (AvgIpc) is 3.37. The number of nitrogens with one attached hydrogen (secondary N) is 1. The molecule has 0 unspecified atom stereocenters. The van der Waals surface area contributed by atoms with E-state index in [0.29, 0.717) is 29.9 Å². The van der Waals surface area contributed by atoms with Gasteiger partial charge in [0.25, 0.3) is 11.5 Å². The third-order valence-electron chi connectivity index (χ3n) is 7.80. The predicted octanol–water partition coefficient (Wildman–Crippen LogP) is 3.62. The molecule has 5 rings (SSSR count). The number of esters is 1. The first-order valence-electron chi connectivity index (χ1n) is 14.6. The highest BCUT2D eigenvalue weighted by atomic mass is 32.2. The molecule has 1 fully saturated rings. The van der Waals surface area contributed by atoms with Gasteiger partial charge in [0.1, 0.15) is 10.7 Å². The van der Waals surface area contributed by atoms with E-state index in [1.807, 2.05) is 32.0 Å². The van der Waals surface area contributed by atoms with Gasteiger partial charge in [-0.2, -0.15) is 9.57 Å². The number of hydrogen-bond donors (Lipinski definition) is 1. The number of amides is 1. The molecule has 1 amide bonds. The smallest absolute Gasteiger partial charge is 0.337 e. The molecule has 1 aromatic heterocycles. The van der Waals surface area contributed by atoms with Crippen LogP contribution in [0.5, 0.6) is 0 Å². The standard InChI is InChI=1S/C34H32N4O6S2/c1-22-10-15-27(18-23(22)2)38-32(40)30(19-24-11-13-25(14-12-24)34(41)44-3)45-33(38)29(21-35)31(39)36-26-8-7-9-28(20-26)46(42,43)37-16-5-4-6-17-37/h7-15,18-20H,4-6,16-17H2,1-3H3,(H,36,39). The molecule has 2 heterocycles. The molecule has 12 heteroatoms. The summed E-state index contributed by atoms with van der Waals surface area (Å²) in [6, 6.07) is 19.8. The van der Waals surface area contributed by atoms with Crippen molar-refractivity contribution in [1.29, 1.82) is 5.26 Å². The van der Waals surface area contributed by atoms with Crippen LogP contribution in [0, 0.1) is 25.2 Å². The Balaban J connectivity index is 1.60. The summed E-state index contributed by atoms with van der Waals surface area (Å²) in [6.07, 6.45) is 4.18. The van der Waals surface area contributed by atoms with Crippen molar-refractivity contribution < 1.29 is 22.7 Å². The van der Waals surface area contributed by atoms with Gasteiger partial charge < -0.3 is 10.1 Å². The lowest BCUT2D eigenvalue weighted by atomic mass is 10.1. The van der Waals surface area contributed by atoms with Crippen LogP contribution in [0.15, 0.2) is 76.4 Å². The van der Waals surface area contributed by atoms with Gasteiger partial charge in [-0.15, -0.1) is 11.3 Å². The number of nitrogens with zero attached hydrogens (tertiary/aromatic N) is 3. The van der Waals surface area contributed by atoms with Gasteiger partial charge in [-0.25, -0.2) is 13.2 Å². The summed E-state index contributed by atoms with van der Waals surface area (Å²) >= 11 is 0.979. The first-order chi connectivity index (χ1) is 22.0. The highest BCUT2D eigenvalue weighted by Gasteiger charge is 2.26. The summed E-state index contributed by atoms with van der Waals surface area (Å²) in [5.41, 5.74) is 2.83. The number of ether oxygens (including phenoxy) is 1. The molecule has 1 aliphatic heterocycles. The van der Waals surface area contributed by atoms with Crippen LogP contribution in [-0.2, 0) is 19.6 Å². The van der Waals surface area contributed by atoms with E-state index >= 15 is 0 Å². The zero-order chi connectivity index (χ0) is 33.0. The van der Waals surface area contributed by atoms with Crippen LogP contribution in [0.3, 0.4) is 0 Å². The van der Waals surface area contributed by atoms with Crippen molar-refractivity contribution in [2.45, 2.75) is 38.0 Å². The molecule has 0 aliphatic carbocycles. The number of carbonyl (C=O) groups is 2. The Labute approximate surface area is 270 Å². The van der Waals surface area contributed by atoms with Crippen molar-refractivity contribution in [3.05, 3.63) is 109 Å². The molecule has 1 N–H and O–H groups in total. The van der Waals surface area contributed by atoms with Crippen LogP contribution in [0.25, 0.3) is 17.3 Å². The predicted molar refractivity (Wildman–Crippen MR) is 177 cm³/mol. The Morgan fingerprint density at radius 2 is 1.70 bits per heavy atom. The molecule has 1 saturated heterocycles. The zero-order valence-electron chi connectivity index (χ0n) is 25.6. The minimum atomic E-state index is -3.75. The van der Waals surface area contributed by atoms with Gasteiger partial charge in [0.2, 0.25) is 10.0 Å². The second-order valence-corrected chi connectivity index (χ2v) is 13.8. The van der Waals surface area contributed by atoms with E-state index in [1.54, 1.807) is 42.5 Å². The summed E-state index contributed by atoms with van der Waals surface area (Å²) < 4.78 is 34.4. The number of piperidine rings is 1. The summed E-state index contributed by atoms with van der Waals surface area (Å²) in [4.78, 5) is 39.4. The van der Waals surface area contributed by atoms with Gasteiger partial charge >= 0.3 is 5.97 Å². The van der Waals surface area contributed by atoms with Gasteiger partial charge in [0.05, 0.1) is 27.8 Å². The number of rotatable bonds is 7. The van der Waals surface area contributed by atoms with Crippen molar-refractivity contribution in [2.24, 2.45) is 0 Å². The number of aryl methyl sites for hydroxylation is 2. The molecular weight excluding hydrogens is 625 g/mol. The quantitative estimate of drug-likeness (QED) is 0.300. The third-order valence-corrected chi connectivity index (χ3v) is 10.8. The molecule has 4 aromatic rings. The fourth-order valence-corrected chi connectivity index (χ4v) is 7.78. The van der Waals surface area contributed by atoms with E-state index in [1.165, 1.54) is 34.2 Å². The van der Waals surface area contributed by atoms with Gasteiger partial charge in [-0.1, -0.05) is 30.7 Å². The number of sulfonamides is 1. The van der Waals surface area contributed by atoms with Crippen LogP contribution < -0.4 is 20.1 Å². The summed E-state index contributed by atoms with van der Waals surface area (Å²) in [6.45, 7) is 4.72. The summed E-state index contributed by atoms with van der Waals surface area (Å²) in [5.74, 6) is -1.28. The molecule has 0 atom stereocenters. The lowest BCUT2D eigenvalue weighted by Crippen LogP contribution is -2.35. The lowest BCUT2D eigenvalue weighted by molar-refractivity contribution is -0.111. The van der Waals surface area contributed by atoms with E-state index in [4.69, 9.17) is 4.74 Å². The topological polar surface area (TPSA) is 139 Å². The fraction of sp³-hybridized carbons (Fsp3) is 0.235. The normalized spacial score (nSPS) is 14.8. The van der Waals surface area contributed by atoms with Crippen LogP contribution >= 0.6 is 11.3 Å². The molecule has 46 heavy (non-hydrogen) atoms. The number of methoxy groups -OCH3 is 1. The maximum absolute atomic E-state index is 13.9. The molecule has 236 valence electrons. The zero-order valence-corrected chi connectivity index (χ0v) is 27.2. The molecule has 0 saturated carbocycles. The van der Waals surface area contributed by atoms with Crippen molar-refractivity contribution in [3.63, 3.8) is 0 Å². The number of nitriles is 1. The number of hydrogen-bond acceptors (Lipinski definition) is 8. The first kappa shape index (κ1) is 32.6. The lowest BCUT2D eigenvalue weighted by Gasteiger charge is -2.26. The van der Waals surface area contributed by atoms with Crippen LogP contribution in [0.1, 0.15) is 46.3 Å². The van der Waals surface area contributed by atoms with Crippen molar-refractivity contribution in [3.8, 4) is 11.8 Å². The minimum Gasteiger partial charge on any atom is -0.465 e. The SMILES string of the molecule is COC(=O)c1ccc(C=c2sc(=C(C#N)C(=O)Nc3cccc(S(=O)(=O)N4CCCCC4)c3)n(-c3ccc(C)c(C)c3)c2=O)cc1. The van der Waals surface area contributed by atoms with E-state index in [2.05, 4.69) is 5.32 Å². The van der Waals surface area contributed by atoms with Gasteiger partial charge in [0.15, 0.2) is 5.57 Å². The van der Waals surface area contributed by atoms with Crippen LogP contribution in [0.4, 0.5) is 5.69 Å². The monoisotopic (exact) mass is 656 g/mol. The third kappa shape index (κ3) is 6.72. The van der Waals surface area contributed by atoms with Crippen molar-refractivity contribution >= 4 is 50.6 Å². The Morgan fingerprint density at radius 3 is 2.35 bits per heavy atom. The molecular formula is C34H32N4O6S2. The van der Waals surface area contributed by atoms with E-state index < -0.39 is 27.5 Å². The van der Waals surface area contributed by atoms with E-state index in [-0.39, 0.29) is 25.4 Å². The Morgan fingerprint density at radius 1 is 0.978 bits per heavy atom. The molecule has 0 radical (unpaired) electrons. The highest BCUT2D eigenvalue weighted by Crippen LogP contribution is 2.23. The largest absolute Gasteiger partial charge is 0.465 e. The second kappa shape index (κ2) is 13.7. The molecule has 0 spiro atoms. The number of carbonyl (C=O) groups excluding carboxylic acids is 2. The van der Waals surface area contributed by atoms with Crippen LogP contribution in [0.2, 0.25) is 0 Å². The Bertz CT molecular complexity index is 2150. The summed E-state index contributed by atoms with van der Waals surface area (Å²) in [5, 5.41) is 12.9. The summed E-state index contributed by atoms with van der Waals surface area (Å²) in [7, 11) is -2.46. The fourth-order valence-electron chi connectivity index (χ4n) is 5.11. The molecule has 0 bridgehead atoms. The number of benzene rings is 3. The highest BCUT2D eigenvalue weighted by molar-refractivity contribution is 7.89. The van der Waals surface area contributed by atoms with Gasteiger partial charge in [0, 0.05) is 18.8 Å². The second-order valence-electron chi connectivity index (χ2n) is 10.9. The number of anilines is 1. The Hall–Kier alpha value is -4.83. The average molecular weight is 657 g/mol. The molecule has 10 nitrogen and oxygen atoms in total. The first-order valence-corrected chi connectivity index (χ1v) is 16.8. The number of aromatic nitrogens is 1. The molecule has 1 aliphatic rings. The minimum absolute atomic E-state index is 0.0453. The van der Waals surface area contributed by atoms with Crippen LogP contribution in [-0.4, -0.2) is 49.4 Å². The van der Waals surface area contributed by atoms with Crippen molar-refractivity contribution in [1.82, 2.24) is 8.87 Å². The van der Waals surface area contributed by atoms with E-state index in [0.717, 1.165) is 41.7 Å². The van der Waals surface area contributed by atoms with Crippen molar-refractivity contribution in [2.75, 3.05) is 25.5 Å². The Kier molecular flexibility index (Phi) is 9.67. The molecule has 3 aromatic carbocycles. The maximum Gasteiger partial charge on any atom is 0.337 e. The van der Waals surface area contributed by atoms with E-state index in [9.17, 15) is 28.1 Å². The maximum atomic E-state index is 13.9. The number of thiazole rings is 1. The van der Waals surface area contributed by atoms with Gasteiger partial charge in [-0.3, -0.25) is 14.2 Å². The van der Waals surface area contributed by atoms with Gasteiger partial charge in [-0.05, 0) is 91.9 Å².